The molecule has 1 unspecified atom stereocenters. The maximum absolute atomic E-state index is 11.6. The summed E-state index contributed by atoms with van der Waals surface area (Å²) < 4.78 is 5.32. The highest BCUT2D eigenvalue weighted by atomic mass is 16.6. The molecule has 0 bridgehead atoms. The van der Waals surface area contributed by atoms with Gasteiger partial charge in [0.05, 0.1) is 6.42 Å². The molecule has 0 aromatic carbocycles. The first-order chi connectivity index (χ1) is 7.90. The summed E-state index contributed by atoms with van der Waals surface area (Å²) in [5.41, 5.74) is -0.356. The molecule has 1 atom stereocenters. The van der Waals surface area contributed by atoms with Crippen LogP contribution in [0, 0.1) is 5.92 Å². The molecule has 0 amide bonds. The van der Waals surface area contributed by atoms with Crippen molar-refractivity contribution >= 4 is 5.97 Å². The van der Waals surface area contributed by atoms with Gasteiger partial charge in [-0.2, -0.15) is 0 Å². The van der Waals surface area contributed by atoms with E-state index in [0.717, 1.165) is 25.6 Å². The summed E-state index contributed by atoms with van der Waals surface area (Å²) in [4.78, 5) is 14.0. The van der Waals surface area contributed by atoms with E-state index in [0.29, 0.717) is 6.42 Å². The van der Waals surface area contributed by atoms with E-state index in [-0.39, 0.29) is 11.6 Å². The van der Waals surface area contributed by atoms with Crippen molar-refractivity contribution in [1.82, 2.24) is 4.90 Å². The van der Waals surface area contributed by atoms with Gasteiger partial charge in [0.1, 0.15) is 5.60 Å². The Balaban J connectivity index is 2.23. The first-order valence-electron chi connectivity index (χ1n) is 6.85. The smallest absolute Gasteiger partial charge is 0.307 e. The summed E-state index contributed by atoms with van der Waals surface area (Å²) in [6.45, 7) is 11.1. The molecule has 1 rings (SSSR count). The predicted octanol–water partition coefficient (Wildman–Crippen LogP) is 2.84. The Labute approximate surface area is 106 Å². The Bertz CT molecular complexity index is 245. The van der Waals surface area contributed by atoms with Crippen LogP contribution in [0.25, 0.3) is 0 Å². The zero-order valence-electron chi connectivity index (χ0n) is 11.8. The first-order valence-corrected chi connectivity index (χ1v) is 6.85. The second-order valence-electron chi connectivity index (χ2n) is 6.05. The van der Waals surface area contributed by atoms with Gasteiger partial charge >= 0.3 is 5.97 Å². The molecule has 1 aliphatic heterocycles. The van der Waals surface area contributed by atoms with Gasteiger partial charge in [0.2, 0.25) is 0 Å². The maximum atomic E-state index is 11.6. The van der Waals surface area contributed by atoms with Gasteiger partial charge in [-0.1, -0.05) is 13.3 Å². The van der Waals surface area contributed by atoms with Gasteiger partial charge in [0, 0.05) is 13.1 Å². The molecule has 1 aliphatic rings. The van der Waals surface area contributed by atoms with Crippen LogP contribution in [0.3, 0.4) is 0 Å². The first kappa shape index (κ1) is 14.5. The van der Waals surface area contributed by atoms with Gasteiger partial charge in [-0.25, -0.2) is 0 Å². The number of piperidine rings is 1. The molecule has 0 N–H and O–H groups in total. The molecule has 17 heavy (non-hydrogen) atoms. The highest BCUT2D eigenvalue weighted by molar-refractivity contribution is 5.70. The summed E-state index contributed by atoms with van der Waals surface area (Å²) in [5.74, 6) is 0.749. The molecular formula is C14H27NO2. The second kappa shape index (κ2) is 6.39. The molecule has 0 saturated carbocycles. The van der Waals surface area contributed by atoms with E-state index in [1.807, 2.05) is 20.8 Å². The molecule has 1 heterocycles. The second-order valence-corrected chi connectivity index (χ2v) is 6.05. The third kappa shape index (κ3) is 6.06. The zero-order chi connectivity index (χ0) is 12.9. The molecule has 0 spiro atoms. The fourth-order valence-corrected chi connectivity index (χ4v) is 2.33. The summed E-state index contributed by atoms with van der Waals surface area (Å²) in [6, 6.07) is 0. The third-order valence-corrected chi connectivity index (χ3v) is 3.23. The molecule has 0 aromatic heterocycles. The minimum absolute atomic E-state index is 0.0730. The van der Waals surface area contributed by atoms with Crippen molar-refractivity contribution in [1.29, 1.82) is 0 Å². The normalized spacial score (nSPS) is 22.5. The van der Waals surface area contributed by atoms with E-state index in [1.54, 1.807) is 0 Å². The van der Waals surface area contributed by atoms with E-state index in [1.165, 1.54) is 19.3 Å². The Hall–Kier alpha value is -0.570. The predicted molar refractivity (Wildman–Crippen MR) is 69.9 cm³/mol. The van der Waals surface area contributed by atoms with Crippen molar-refractivity contribution in [3.05, 3.63) is 0 Å². The Morgan fingerprint density at radius 1 is 1.41 bits per heavy atom. The Morgan fingerprint density at radius 2 is 2.12 bits per heavy atom. The average molecular weight is 241 g/mol. The molecule has 1 fully saturated rings. The summed E-state index contributed by atoms with van der Waals surface area (Å²) in [5, 5.41) is 0. The molecule has 3 heteroatoms. The standard InChI is InChI=1S/C14H27NO2/c1-5-12-7-6-9-15(11-12)10-8-13(16)17-14(2,3)4/h12H,5-11H2,1-4H3. The fourth-order valence-electron chi connectivity index (χ4n) is 2.33. The Kier molecular flexibility index (Phi) is 5.44. The SMILES string of the molecule is CCC1CCCN(CCC(=O)OC(C)(C)C)C1. The topological polar surface area (TPSA) is 29.5 Å². The van der Waals surface area contributed by atoms with Gasteiger partial charge in [0.15, 0.2) is 0 Å². The van der Waals surface area contributed by atoms with E-state index in [2.05, 4.69) is 11.8 Å². The van der Waals surface area contributed by atoms with Gasteiger partial charge in [-0.05, 0) is 46.1 Å². The largest absolute Gasteiger partial charge is 0.460 e. The van der Waals surface area contributed by atoms with Crippen LogP contribution in [-0.4, -0.2) is 36.1 Å². The number of ether oxygens (including phenoxy) is 1. The van der Waals surface area contributed by atoms with Crippen LogP contribution < -0.4 is 0 Å². The van der Waals surface area contributed by atoms with Crippen LogP contribution in [0.4, 0.5) is 0 Å². The molecular weight excluding hydrogens is 214 g/mol. The number of hydrogen-bond donors (Lipinski definition) is 0. The fraction of sp³-hybridized carbons (Fsp3) is 0.929. The number of carbonyl (C=O) groups is 1. The monoisotopic (exact) mass is 241 g/mol. The summed E-state index contributed by atoms with van der Waals surface area (Å²) in [7, 11) is 0. The van der Waals surface area contributed by atoms with Gasteiger partial charge in [-0.3, -0.25) is 4.79 Å². The summed E-state index contributed by atoms with van der Waals surface area (Å²) >= 11 is 0. The third-order valence-electron chi connectivity index (χ3n) is 3.23. The molecule has 0 aromatic rings. The number of esters is 1. The quantitative estimate of drug-likeness (QED) is 0.709. The molecule has 1 saturated heterocycles. The van der Waals surface area contributed by atoms with E-state index in [4.69, 9.17) is 4.74 Å². The van der Waals surface area contributed by atoms with E-state index in [9.17, 15) is 4.79 Å². The van der Waals surface area contributed by atoms with Gasteiger partial charge in [-0.15, -0.1) is 0 Å². The van der Waals surface area contributed by atoms with E-state index >= 15 is 0 Å². The van der Waals surface area contributed by atoms with Crippen molar-refractivity contribution in [2.24, 2.45) is 5.92 Å². The molecule has 0 radical (unpaired) electrons. The van der Waals surface area contributed by atoms with E-state index < -0.39 is 0 Å². The van der Waals surface area contributed by atoms with Crippen molar-refractivity contribution < 1.29 is 9.53 Å². The minimum Gasteiger partial charge on any atom is -0.460 e. The number of hydrogen-bond acceptors (Lipinski definition) is 3. The highest BCUT2D eigenvalue weighted by Gasteiger charge is 2.20. The summed E-state index contributed by atoms with van der Waals surface area (Å²) in [6.07, 6.45) is 4.39. The lowest BCUT2D eigenvalue weighted by atomic mass is 9.95. The Morgan fingerprint density at radius 3 is 2.71 bits per heavy atom. The number of likely N-dealkylation sites (tertiary alicyclic amines) is 1. The number of rotatable bonds is 4. The number of carbonyl (C=O) groups excluding carboxylic acids is 1. The lowest BCUT2D eigenvalue weighted by Crippen LogP contribution is -2.37. The minimum atomic E-state index is -0.356. The van der Waals surface area contributed by atoms with Crippen molar-refractivity contribution in [3.63, 3.8) is 0 Å². The van der Waals surface area contributed by atoms with Crippen molar-refractivity contribution in [2.75, 3.05) is 19.6 Å². The van der Waals surface area contributed by atoms with Gasteiger partial charge < -0.3 is 9.64 Å². The van der Waals surface area contributed by atoms with Crippen LogP contribution >= 0.6 is 0 Å². The van der Waals surface area contributed by atoms with Crippen LogP contribution in [0.1, 0.15) is 53.4 Å². The average Bonchev–Trinajstić information content (AvgIpc) is 2.24. The molecule has 0 aliphatic carbocycles. The van der Waals surface area contributed by atoms with Crippen molar-refractivity contribution in [2.45, 2.75) is 59.0 Å². The van der Waals surface area contributed by atoms with Crippen LogP contribution in [0.2, 0.25) is 0 Å². The maximum Gasteiger partial charge on any atom is 0.307 e. The molecule has 100 valence electrons. The lowest BCUT2D eigenvalue weighted by molar-refractivity contribution is -0.155. The molecule has 3 nitrogen and oxygen atoms in total. The van der Waals surface area contributed by atoms with Gasteiger partial charge in [0.25, 0.3) is 0 Å². The lowest BCUT2D eigenvalue weighted by Gasteiger charge is -2.32. The van der Waals surface area contributed by atoms with Crippen molar-refractivity contribution in [3.8, 4) is 0 Å². The number of nitrogens with zero attached hydrogens (tertiary/aromatic N) is 1. The van der Waals surface area contributed by atoms with Crippen LogP contribution in [-0.2, 0) is 9.53 Å². The van der Waals surface area contributed by atoms with Crippen LogP contribution in [0.15, 0.2) is 0 Å². The zero-order valence-corrected chi connectivity index (χ0v) is 11.8. The van der Waals surface area contributed by atoms with Crippen LogP contribution in [0.5, 0.6) is 0 Å². The highest BCUT2D eigenvalue weighted by Crippen LogP contribution is 2.19.